The van der Waals surface area contributed by atoms with Crippen LogP contribution in [0.25, 0.3) is 0 Å². The van der Waals surface area contributed by atoms with E-state index in [9.17, 15) is 14.7 Å². The average molecular weight is 513 g/mol. The molecule has 2 amide bonds. The largest absolute Gasteiger partial charge is 0.485 e. The second-order valence-electron chi connectivity index (χ2n) is 12.1. The van der Waals surface area contributed by atoms with Crippen molar-refractivity contribution in [3.8, 4) is 5.75 Å². The maximum Gasteiger partial charge on any atom is 0.262 e. The van der Waals surface area contributed by atoms with Crippen LogP contribution in [0.15, 0.2) is 41.4 Å². The number of fused-ring (bicyclic) bond motifs is 1. The molecule has 1 saturated heterocycles. The highest BCUT2D eigenvalue weighted by molar-refractivity contribution is 6.07. The summed E-state index contributed by atoms with van der Waals surface area (Å²) in [6.45, 7) is 2.20. The number of para-hydroxylation sites is 1. The topological polar surface area (TPSA) is 103 Å². The minimum absolute atomic E-state index is 0.214. The molecule has 8 heteroatoms. The van der Waals surface area contributed by atoms with E-state index in [1.54, 1.807) is 12.1 Å². The third-order valence-electron chi connectivity index (χ3n) is 10.2. The Hall–Kier alpha value is -3.23. The number of ether oxygens (including phenoxy) is 1. The van der Waals surface area contributed by atoms with Crippen molar-refractivity contribution in [1.82, 2.24) is 10.2 Å². The van der Waals surface area contributed by atoms with Crippen LogP contribution in [-0.2, 0) is 27.0 Å². The van der Waals surface area contributed by atoms with E-state index < -0.39 is 11.5 Å². The molecule has 1 unspecified atom stereocenters. The molecule has 38 heavy (non-hydrogen) atoms. The van der Waals surface area contributed by atoms with Gasteiger partial charge in [-0.15, -0.1) is 0 Å². The Kier molecular flexibility index (Phi) is 4.72. The molecule has 3 aliphatic carbocycles. The summed E-state index contributed by atoms with van der Waals surface area (Å²) in [5.41, 5.74) is 2.36. The molecule has 3 N–H and O–H groups in total. The number of carbonyl (C=O) groups is 2. The SMILES string of the molecule is O=CNc1ccc2c3c1O[C@H]1[C@H](NC(=O)C4(O)C=Nc5ccccc54)CC[C@H]4[C@@H](C2)N(CC2CC2)CC[C@@]341. The zero-order valence-electron chi connectivity index (χ0n) is 21.2. The Bertz CT molecular complexity index is 1390. The van der Waals surface area contributed by atoms with Crippen LogP contribution in [-0.4, -0.2) is 59.8 Å². The molecule has 8 rings (SSSR count). The van der Waals surface area contributed by atoms with E-state index in [-0.39, 0.29) is 17.6 Å². The van der Waals surface area contributed by atoms with Gasteiger partial charge in [0.05, 0.1) is 23.6 Å². The Labute approximate surface area is 221 Å². The third kappa shape index (κ3) is 2.96. The van der Waals surface area contributed by atoms with Crippen LogP contribution in [0.1, 0.15) is 48.8 Å². The van der Waals surface area contributed by atoms with Gasteiger partial charge in [-0.05, 0) is 74.6 Å². The molecule has 8 nitrogen and oxygen atoms in total. The summed E-state index contributed by atoms with van der Waals surface area (Å²) in [4.78, 5) is 32.1. The van der Waals surface area contributed by atoms with Crippen LogP contribution in [0.4, 0.5) is 11.4 Å². The van der Waals surface area contributed by atoms with Crippen LogP contribution >= 0.6 is 0 Å². The Morgan fingerprint density at radius 2 is 2.05 bits per heavy atom. The van der Waals surface area contributed by atoms with Crippen molar-refractivity contribution in [3.05, 3.63) is 53.1 Å². The Morgan fingerprint density at radius 1 is 1.18 bits per heavy atom. The summed E-state index contributed by atoms with van der Waals surface area (Å²) < 4.78 is 6.80. The first-order chi connectivity index (χ1) is 18.5. The fourth-order valence-corrected chi connectivity index (χ4v) is 8.42. The van der Waals surface area contributed by atoms with Gasteiger partial charge < -0.3 is 20.5 Å². The number of hydrogen-bond donors (Lipinski definition) is 3. The lowest BCUT2D eigenvalue weighted by atomic mass is 9.51. The maximum atomic E-state index is 13.7. The first-order valence-corrected chi connectivity index (χ1v) is 14.0. The lowest BCUT2D eigenvalue weighted by Crippen LogP contribution is -2.69. The summed E-state index contributed by atoms with van der Waals surface area (Å²) in [7, 11) is 0. The number of nitrogens with zero attached hydrogens (tertiary/aromatic N) is 2. The average Bonchev–Trinajstić information content (AvgIpc) is 3.58. The van der Waals surface area contributed by atoms with Crippen molar-refractivity contribution in [2.75, 3.05) is 18.4 Å². The molecule has 3 aliphatic heterocycles. The third-order valence-corrected chi connectivity index (χ3v) is 10.2. The molecule has 6 atom stereocenters. The molecule has 3 heterocycles. The molecule has 6 aliphatic rings. The zero-order chi connectivity index (χ0) is 25.6. The second-order valence-corrected chi connectivity index (χ2v) is 12.1. The molecule has 196 valence electrons. The van der Waals surface area contributed by atoms with Crippen molar-refractivity contribution < 1.29 is 19.4 Å². The fraction of sp³-hybridized carbons (Fsp3) is 0.500. The fourth-order valence-electron chi connectivity index (χ4n) is 8.42. The molecule has 0 radical (unpaired) electrons. The minimum atomic E-state index is -1.80. The number of benzene rings is 2. The van der Waals surface area contributed by atoms with Crippen molar-refractivity contribution >= 4 is 29.9 Å². The van der Waals surface area contributed by atoms with Gasteiger partial charge in [0, 0.05) is 29.1 Å². The minimum Gasteiger partial charge on any atom is -0.485 e. The molecule has 1 spiro atoms. The first kappa shape index (κ1) is 22.7. The number of hydrogen-bond acceptors (Lipinski definition) is 6. The highest BCUT2D eigenvalue weighted by Gasteiger charge is 2.66. The van der Waals surface area contributed by atoms with Crippen LogP contribution in [0.3, 0.4) is 0 Å². The zero-order valence-corrected chi connectivity index (χ0v) is 21.2. The van der Waals surface area contributed by atoms with Gasteiger partial charge in [0.25, 0.3) is 5.91 Å². The van der Waals surface area contributed by atoms with Crippen molar-refractivity contribution in [1.29, 1.82) is 0 Å². The molecule has 2 saturated carbocycles. The van der Waals surface area contributed by atoms with Crippen molar-refractivity contribution in [2.45, 2.75) is 67.7 Å². The highest BCUT2D eigenvalue weighted by Crippen LogP contribution is 2.63. The molecule has 2 bridgehead atoms. The van der Waals surface area contributed by atoms with Gasteiger partial charge in [-0.2, -0.15) is 0 Å². The van der Waals surface area contributed by atoms with Gasteiger partial charge in [0.15, 0.2) is 0 Å². The predicted molar refractivity (Wildman–Crippen MR) is 142 cm³/mol. The van der Waals surface area contributed by atoms with Gasteiger partial charge in [-0.25, -0.2) is 0 Å². The van der Waals surface area contributed by atoms with Gasteiger partial charge in [0.2, 0.25) is 12.0 Å². The lowest BCUT2D eigenvalue weighted by Gasteiger charge is -2.59. The molecular weight excluding hydrogens is 480 g/mol. The summed E-state index contributed by atoms with van der Waals surface area (Å²) in [5, 5.41) is 17.5. The van der Waals surface area contributed by atoms with E-state index in [4.69, 9.17) is 4.74 Å². The lowest BCUT2D eigenvalue weighted by molar-refractivity contribution is -0.137. The monoisotopic (exact) mass is 512 g/mol. The molecule has 3 fully saturated rings. The Morgan fingerprint density at radius 3 is 2.89 bits per heavy atom. The van der Waals surface area contributed by atoms with Crippen LogP contribution < -0.4 is 15.4 Å². The molecule has 0 aromatic heterocycles. The van der Waals surface area contributed by atoms with Gasteiger partial charge >= 0.3 is 0 Å². The number of aliphatic hydroxyl groups is 1. The number of nitrogens with one attached hydrogen (secondary N) is 2. The van der Waals surface area contributed by atoms with Crippen molar-refractivity contribution in [3.63, 3.8) is 0 Å². The second kappa shape index (κ2) is 7.90. The maximum absolute atomic E-state index is 13.7. The van der Waals surface area contributed by atoms with Crippen LogP contribution in [0.2, 0.25) is 0 Å². The quantitative estimate of drug-likeness (QED) is 0.517. The van der Waals surface area contributed by atoms with Gasteiger partial charge in [-0.1, -0.05) is 24.3 Å². The number of amides is 2. The van der Waals surface area contributed by atoms with E-state index in [0.29, 0.717) is 35.3 Å². The van der Waals surface area contributed by atoms with Crippen LogP contribution in [0.5, 0.6) is 5.75 Å². The smallest absolute Gasteiger partial charge is 0.262 e. The van der Waals surface area contributed by atoms with Gasteiger partial charge in [0.1, 0.15) is 11.9 Å². The van der Waals surface area contributed by atoms with E-state index in [2.05, 4.69) is 26.6 Å². The number of aliphatic imine (C=N–C) groups is 1. The number of rotatable bonds is 6. The highest BCUT2D eigenvalue weighted by atomic mass is 16.5. The van der Waals surface area contributed by atoms with E-state index >= 15 is 0 Å². The van der Waals surface area contributed by atoms with Gasteiger partial charge in [-0.3, -0.25) is 19.5 Å². The molecular formula is C30H32N4O4. The predicted octanol–water partition coefficient (Wildman–Crippen LogP) is 2.79. The normalized spacial score (nSPS) is 35.7. The number of carbonyl (C=O) groups excluding carboxylic acids is 2. The van der Waals surface area contributed by atoms with Crippen molar-refractivity contribution in [2.24, 2.45) is 16.8 Å². The number of likely N-dealkylation sites (tertiary alicyclic amines) is 1. The standard InChI is InChI=1S/C30H32N4O4/c35-16-32-22-9-7-18-13-24-20-8-10-23(33-28(36)30(37)15-31-21-4-2-1-3-19(21)30)27-29(20,25(18)26(22)38-27)11-12-34(24)14-17-5-6-17/h1-4,7,9,15-17,20,23-24,27,37H,5-6,8,10-14H2,(H,32,35)(H,33,36)/t20-,23+,24+,27-,29-,30?/m0/s1. The number of anilines is 1. The first-order valence-electron chi connectivity index (χ1n) is 14.0. The van der Waals surface area contributed by atoms with E-state index in [1.165, 1.54) is 36.7 Å². The van der Waals surface area contributed by atoms with E-state index in [1.807, 2.05) is 18.2 Å². The summed E-state index contributed by atoms with van der Waals surface area (Å²) in [5.74, 6) is 1.58. The summed E-state index contributed by atoms with van der Waals surface area (Å²) in [6, 6.07) is 11.5. The molecule has 2 aromatic rings. The summed E-state index contributed by atoms with van der Waals surface area (Å²) in [6.07, 6.45) is 8.23. The Balaban J connectivity index is 1.17. The van der Waals surface area contributed by atoms with E-state index in [0.717, 1.165) is 43.9 Å². The van der Waals surface area contributed by atoms with Crippen LogP contribution in [0, 0.1) is 11.8 Å². The number of piperidine rings is 1. The molecule has 2 aromatic carbocycles. The summed E-state index contributed by atoms with van der Waals surface area (Å²) >= 11 is 0.